The first kappa shape index (κ1) is 15.7. The van der Waals surface area contributed by atoms with Crippen LogP contribution in [-0.4, -0.2) is 28.5 Å². The van der Waals surface area contributed by atoms with E-state index < -0.39 is 0 Å². The second-order valence-corrected chi connectivity index (χ2v) is 6.11. The zero-order chi connectivity index (χ0) is 13.9. The lowest BCUT2D eigenvalue weighted by Crippen LogP contribution is -2.35. The van der Waals surface area contributed by atoms with Crippen LogP contribution in [0.5, 0.6) is 0 Å². The second-order valence-electron chi connectivity index (χ2n) is 5.32. The molecule has 0 amide bonds. The van der Waals surface area contributed by atoms with Crippen LogP contribution in [0.25, 0.3) is 0 Å². The molecule has 0 aliphatic heterocycles. The highest BCUT2D eigenvalue weighted by molar-refractivity contribution is 9.10. The molecule has 1 heterocycles. The predicted molar refractivity (Wildman–Crippen MR) is 77.7 cm³/mol. The molecule has 1 aromatic rings. The molecule has 1 rings (SSSR count). The van der Waals surface area contributed by atoms with E-state index in [-0.39, 0.29) is 11.6 Å². The van der Waals surface area contributed by atoms with E-state index in [1.807, 2.05) is 11.7 Å². The van der Waals surface area contributed by atoms with Gasteiger partial charge in [-0.25, -0.2) is 0 Å². The normalized spacial score (nSPS) is 13.9. The molecule has 0 aromatic carbocycles. The average molecular weight is 318 g/mol. The molecule has 0 aliphatic rings. The molecule has 4 nitrogen and oxygen atoms in total. The quantitative estimate of drug-likeness (QED) is 0.876. The highest BCUT2D eigenvalue weighted by atomic mass is 79.9. The van der Waals surface area contributed by atoms with E-state index >= 15 is 0 Å². The highest BCUT2D eigenvalue weighted by Crippen LogP contribution is 2.24. The fourth-order valence-electron chi connectivity index (χ4n) is 2.08. The number of halogens is 1. The van der Waals surface area contributed by atoms with Crippen LogP contribution in [0.15, 0.2) is 4.47 Å². The smallest absolute Gasteiger partial charge is 0.0766 e. The standard InChI is InChI=1S/C13H24BrN3O/c1-6-10-12(14)11(17(4)16-10)7-9(15)8-13(2,3)18-5/h9H,6-8,15H2,1-5H3. The molecule has 2 N–H and O–H groups in total. The number of methoxy groups -OCH3 is 1. The van der Waals surface area contributed by atoms with E-state index in [9.17, 15) is 0 Å². The Labute approximate surface area is 118 Å². The minimum atomic E-state index is -0.182. The maximum Gasteiger partial charge on any atom is 0.0766 e. The summed E-state index contributed by atoms with van der Waals surface area (Å²) in [6.07, 6.45) is 2.55. The number of hydrogen-bond donors (Lipinski definition) is 1. The number of nitrogens with two attached hydrogens (primary N) is 1. The van der Waals surface area contributed by atoms with Crippen LogP contribution in [0, 0.1) is 0 Å². The summed E-state index contributed by atoms with van der Waals surface area (Å²) in [7, 11) is 3.69. The number of nitrogens with zero attached hydrogens (tertiary/aromatic N) is 2. The molecule has 0 spiro atoms. The molecule has 1 atom stereocenters. The third-order valence-corrected chi connectivity index (χ3v) is 4.18. The van der Waals surface area contributed by atoms with Gasteiger partial charge < -0.3 is 10.5 Å². The Morgan fingerprint density at radius 2 is 2.11 bits per heavy atom. The number of aromatic nitrogens is 2. The molecule has 18 heavy (non-hydrogen) atoms. The molecule has 1 aromatic heterocycles. The Balaban J connectivity index is 2.76. The average Bonchev–Trinajstić information content (AvgIpc) is 2.56. The Hall–Kier alpha value is -0.390. The van der Waals surface area contributed by atoms with Crippen LogP contribution in [0.3, 0.4) is 0 Å². The van der Waals surface area contributed by atoms with Crippen LogP contribution >= 0.6 is 15.9 Å². The lowest BCUT2D eigenvalue weighted by Gasteiger charge is -2.26. The van der Waals surface area contributed by atoms with E-state index in [4.69, 9.17) is 10.5 Å². The van der Waals surface area contributed by atoms with E-state index in [2.05, 4.69) is 41.8 Å². The molecular formula is C13H24BrN3O. The van der Waals surface area contributed by atoms with Crippen molar-refractivity contribution in [3.8, 4) is 0 Å². The molecule has 0 saturated heterocycles. The third kappa shape index (κ3) is 3.80. The summed E-state index contributed by atoms with van der Waals surface area (Å²) in [5.41, 5.74) is 8.28. The zero-order valence-corrected chi connectivity index (χ0v) is 13.5. The van der Waals surface area contributed by atoms with Gasteiger partial charge in [0.05, 0.1) is 21.5 Å². The Bertz CT molecular complexity index is 401. The lowest BCUT2D eigenvalue weighted by atomic mass is 9.96. The van der Waals surface area contributed by atoms with Crippen LogP contribution in [0.1, 0.15) is 38.6 Å². The number of rotatable bonds is 6. The maximum atomic E-state index is 6.21. The van der Waals surface area contributed by atoms with E-state index in [1.165, 1.54) is 0 Å². The zero-order valence-electron chi connectivity index (χ0n) is 12.0. The summed E-state index contributed by atoms with van der Waals surface area (Å²) in [5, 5.41) is 4.48. The van der Waals surface area contributed by atoms with Gasteiger partial charge in [-0.2, -0.15) is 5.10 Å². The van der Waals surface area contributed by atoms with Crippen LogP contribution in [0.4, 0.5) is 0 Å². The van der Waals surface area contributed by atoms with Gasteiger partial charge in [0.2, 0.25) is 0 Å². The summed E-state index contributed by atoms with van der Waals surface area (Å²) in [5.74, 6) is 0. The first-order valence-electron chi connectivity index (χ1n) is 6.31. The second kappa shape index (κ2) is 6.17. The maximum absolute atomic E-state index is 6.21. The van der Waals surface area contributed by atoms with Crippen molar-refractivity contribution in [2.45, 2.75) is 51.7 Å². The molecule has 5 heteroatoms. The molecule has 0 fully saturated rings. The number of hydrogen-bond acceptors (Lipinski definition) is 3. The van der Waals surface area contributed by atoms with Crippen molar-refractivity contribution in [3.05, 3.63) is 15.9 Å². The number of ether oxygens (including phenoxy) is 1. The minimum absolute atomic E-state index is 0.0661. The van der Waals surface area contributed by atoms with Gasteiger partial charge in [0.25, 0.3) is 0 Å². The van der Waals surface area contributed by atoms with Crippen molar-refractivity contribution in [2.24, 2.45) is 12.8 Å². The summed E-state index contributed by atoms with van der Waals surface area (Å²) < 4.78 is 8.43. The van der Waals surface area contributed by atoms with E-state index in [0.29, 0.717) is 0 Å². The molecule has 0 bridgehead atoms. The minimum Gasteiger partial charge on any atom is -0.379 e. The van der Waals surface area contributed by atoms with Crippen molar-refractivity contribution in [1.29, 1.82) is 0 Å². The fourth-order valence-corrected chi connectivity index (χ4v) is 2.85. The summed E-state index contributed by atoms with van der Waals surface area (Å²) >= 11 is 3.62. The van der Waals surface area contributed by atoms with Gasteiger partial charge in [-0.3, -0.25) is 4.68 Å². The molecule has 0 aliphatic carbocycles. The lowest BCUT2D eigenvalue weighted by molar-refractivity contribution is 0.0101. The SMILES string of the molecule is CCc1nn(C)c(CC(N)CC(C)(C)OC)c1Br. The van der Waals surface area contributed by atoms with Crippen molar-refractivity contribution >= 4 is 15.9 Å². The largest absolute Gasteiger partial charge is 0.379 e. The van der Waals surface area contributed by atoms with Crippen molar-refractivity contribution < 1.29 is 4.74 Å². The van der Waals surface area contributed by atoms with E-state index in [0.717, 1.165) is 35.1 Å². The Kier molecular flexibility index (Phi) is 5.37. The summed E-state index contributed by atoms with van der Waals surface area (Å²) in [6, 6.07) is 0.0661. The van der Waals surface area contributed by atoms with Gasteiger partial charge in [0, 0.05) is 26.6 Å². The monoisotopic (exact) mass is 317 g/mol. The Morgan fingerprint density at radius 1 is 1.50 bits per heavy atom. The van der Waals surface area contributed by atoms with Gasteiger partial charge >= 0.3 is 0 Å². The van der Waals surface area contributed by atoms with Crippen molar-refractivity contribution in [3.63, 3.8) is 0 Å². The summed E-state index contributed by atoms with van der Waals surface area (Å²) in [6.45, 7) is 6.22. The van der Waals surface area contributed by atoms with Crippen LogP contribution in [0.2, 0.25) is 0 Å². The first-order chi connectivity index (χ1) is 8.30. The van der Waals surface area contributed by atoms with Crippen molar-refractivity contribution in [2.75, 3.05) is 7.11 Å². The van der Waals surface area contributed by atoms with Crippen molar-refractivity contribution in [1.82, 2.24) is 9.78 Å². The Morgan fingerprint density at radius 3 is 2.56 bits per heavy atom. The first-order valence-corrected chi connectivity index (χ1v) is 7.11. The molecule has 0 radical (unpaired) electrons. The fraction of sp³-hybridized carbons (Fsp3) is 0.769. The van der Waals surface area contributed by atoms with Gasteiger partial charge in [-0.15, -0.1) is 0 Å². The molecule has 104 valence electrons. The van der Waals surface area contributed by atoms with Gasteiger partial charge in [0.15, 0.2) is 0 Å². The van der Waals surface area contributed by atoms with Crippen LogP contribution in [-0.2, 0) is 24.6 Å². The number of aryl methyl sites for hydroxylation is 2. The highest BCUT2D eigenvalue weighted by Gasteiger charge is 2.23. The van der Waals surface area contributed by atoms with Gasteiger partial charge in [-0.05, 0) is 42.6 Å². The van der Waals surface area contributed by atoms with Gasteiger partial charge in [0.1, 0.15) is 0 Å². The van der Waals surface area contributed by atoms with E-state index in [1.54, 1.807) is 7.11 Å². The third-order valence-electron chi connectivity index (χ3n) is 3.26. The molecular weight excluding hydrogens is 294 g/mol. The molecule has 1 unspecified atom stereocenters. The summed E-state index contributed by atoms with van der Waals surface area (Å²) in [4.78, 5) is 0. The van der Waals surface area contributed by atoms with Crippen LogP contribution < -0.4 is 5.73 Å². The topological polar surface area (TPSA) is 53.1 Å². The molecule has 0 saturated carbocycles. The van der Waals surface area contributed by atoms with Gasteiger partial charge in [-0.1, -0.05) is 6.92 Å². The predicted octanol–water partition coefficient (Wildman–Crippen LogP) is 2.43.